The third-order valence-electron chi connectivity index (χ3n) is 5.14. The number of nitrogens with zero attached hydrogens (tertiary/aromatic N) is 2. The molecule has 1 aromatic carbocycles. The quantitative estimate of drug-likeness (QED) is 0.531. The van der Waals surface area contributed by atoms with Gasteiger partial charge in [0.15, 0.2) is 0 Å². The first-order valence-electron chi connectivity index (χ1n) is 10.6. The maximum atomic E-state index is 13.0. The summed E-state index contributed by atoms with van der Waals surface area (Å²) in [7, 11) is 0. The smallest absolute Gasteiger partial charge is 0.248 e. The first-order chi connectivity index (χ1) is 14.5. The molecule has 0 radical (unpaired) electrons. The second-order valence-corrected chi connectivity index (χ2v) is 7.60. The van der Waals surface area contributed by atoms with E-state index in [0.29, 0.717) is 24.4 Å². The molecule has 4 nitrogen and oxygen atoms in total. The molecule has 0 bridgehead atoms. The van der Waals surface area contributed by atoms with Gasteiger partial charge < -0.3 is 4.57 Å². The number of rotatable bonds is 3. The van der Waals surface area contributed by atoms with E-state index in [0.717, 1.165) is 17.0 Å². The molecular formula is C26H28N2O2. The Bertz CT molecular complexity index is 1090. The predicted octanol–water partition coefficient (Wildman–Crippen LogP) is 5.12. The first-order valence-corrected chi connectivity index (χ1v) is 10.6. The molecule has 0 amide bonds. The number of aryl methyl sites for hydroxylation is 1. The van der Waals surface area contributed by atoms with E-state index < -0.39 is 17.5 Å². The van der Waals surface area contributed by atoms with Gasteiger partial charge in [-0.2, -0.15) is 0 Å². The molecule has 1 atom stereocenters. The lowest BCUT2D eigenvalue weighted by molar-refractivity contribution is -0.116. The van der Waals surface area contributed by atoms with Crippen molar-refractivity contribution in [2.24, 2.45) is 5.92 Å². The van der Waals surface area contributed by atoms with Gasteiger partial charge in [0.1, 0.15) is 17.4 Å². The van der Waals surface area contributed by atoms with Crippen molar-refractivity contribution in [1.82, 2.24) is 9.55 Å². The van der Waals surface area contributed by atoms with Crippen LogP contribution >= 0.6 is 0 Å². The van der Waals surface area contributed by atoms with Crippen molar-refractivity contribution >= 4 is 17.1 Å². The molecule has 0 spiro atoms. The van der Waals surface area contributed by atoms with E-state index in [-0.39, 0.29) is 5.92 Å². The van der Waals surface area contributed by atoms with Crippen LogP contribution in [-0.4, -0.2) is 21.1 Å². The fourth-order valence-corrected chi connectivity index (χ4v) is 3.68. The number of Topliss-reactive ketones (excluding diaryl/α,β-unsaturated/α-hetero) is 2. The number of carbonyl (C=O) groups excluding carboxylic acids is 2. The molecule has 0 fully saturated rings. The van der Waals surface area contributed by atoms with E-state index in [9.17, 15) is 9.59 Å². The monoisotopic (exact) mass is 400 g/mol. The van der Waals surface area contributed by atoms with Crippen molar-refractivity contribution in [3.8, 4) is 11.8 Å². The van der Waals surface area contributed by atoms with Crippen molar-refractivity contribution < 1.29 is 9.59 Å². The topological polar surface area (TPSA) is 52.0 Å². The molecule has 1 heterocycles. The van der Waals surface area contributed by atoms with E-state index >= 15 is 0 Å². The fraction of sp³-hybridized carbons (Fsp3) is 0.346. The van der Waals surface area contributed by atoms with Crippen molar-refractivity contribution in [3.05, 3.63) is 70.8 Å². The van der Waals surface area contributed by atoms with Crippen LogP contribution in [0.15, 0.2) is 42.5 Å². The number of carbonyl (C=O) groups is 2. The van der Waals surface area contributed by atoms with Gasteiger partial charge in [-0.05, 0) is 12.5 Å². The second kappa shape index (κ2) is 9.09. The molecule has 2 aliphatic rings. The first kappa shape index (κ1) is 21.5. The highest BCUT2D eigenvalue weighted by atomic mass is 16.2. The maximum absolute atomic E-state index is 13.0. The van der Waals surface area contributed by atoms with Crippen LogP contribution in [0.3, 0.4) is 0 Å². The van der Waals surface area contributed by atoms with Crippen LogP contribution in [-0.2, 0) is 11.3 Å². The maximum Gasteiger partial charge on any atom is 0.248 e. The summed E-state index contributed by atoms with van der Waals surface area (Å²) in [6, 6.07) is 8.20. The Morgan fingerprint density at radius 3 is 2.53 bits per heavy atom. The lowest BCUT2D eigenvalue weighted by atomic mass is 9.82. The minimum absolute atomic E-state index is 0.119. The summed E-state index contributed by atoms with van der Waals surface area (Å²) < 4.78 is 1.91. The third-order valence-corrected chi connectivity index (χ3v) is 5.14. The second-order valence-electron chi connectivity index (χ2n) is 7.60. The number of benzene rings is 1. The minimum atomic E-state index is -0.715. The normalized spacial score (nSPS) is 19.8. The third kappa shape index (κ3) is 3.93. The van der Waals surface area contributed by atoms with Crippen LogP contribution in [0.2, 0.25) is 0 Å². The van der Waals surface area contributed by atoms with Crippen LogP contribution in [0.5, 0.6) is 0 Å². The van der Waals surface area contributed by atoms with Gasteiger partial charge in [0.2, 0.25) is 11.6 Å². The van der Waals surface area contributed by atoms with Gasteiger partial charge >= 0.3 is 0 Å². The van der Waals surface area contributed by atoms with E-state index in [1.54, 1.807) is 0 Å². The molecule has 1 aromatic heterocycles. The van der Waals surface area contributed by atoms with Gasteiger partial charge in [-0.3, -0.25) is 9.59 Å². The average molecular weight is 401 g/mol. The molecular weight excluding hydrogens is 372 g/mol. The summed E-state index contributed by atoms with van der Waals surface area (Å²) in [5.41, 5.74) is 3.98. The molecule has 4 rings (SSSR count). The van der Waals surface area contributed by atoms with E-state index in [4.69, 9.17) is 4.98 Å². The van der Waals surface area contributed by atoms with Crippen molar-refractivity contribution in [2.45, 2.75) is 53.5 Å². The number of imidazole rings is 1. The number of allylic oxidation sites excluding steroid dienone is 4. The van der Waals surface area contributed by atoms with Crippen LogP contribution in [0.1, 0.15) is 73.2 Å². The number of aromatic nitrogens is 2. The van der Waals surface area contributed by atoms with Crippen molar-refractivity contribution in [3.63, 3.8) is 0 Å². The van der Waals surface area contributed by atoms with Gasteiger partial charge in [0.05, 0.1) is 5.69 Å². The Morgan fingerprint density at radius 1 is 1.17 bits per heavy atom. The van der Waals surface area contributed by atoms with E-state index in [1.807, 2.05) is 55.7 Å². The molecule has 0 saturated carbocycles. The molecule has 4 heteroatoms. The molecule has 1 unspecified atom stereocenters. The van der Waals surface area contributed by atoms with Crippen molar-refractivity contribution in [1.29, 1.82) is 0 Å². The van der Waals surface area contributed by atoms with Gasteiger partial charge in [-0.1, -0.05) is 87.6 Å². The summed E-state index contributed by atoms with van der Waals surface area (Å²) >= 11 is 0. The Morgan fingerprint density at radius 2 is 1.87 bits per heavy atom. The highest BCUT2D eigenvalue weighted by Gasteiger charge is 2.41. The Balaban J connectivity index is 0.00000124. The van der Waals surface area contributed by atoms with Crippen molar-refractivity contribution in [2.75, 3.05) is 0 Å². The van der Waals surface area contributed by atoms with Gasteiger partial charge in [0.25, 0.3) is 0 Å². The lowest BCUT2D eigenvalue weighted by Gasteiger charge is -2.21. The summed E-state index contributed by atoms with van der Waals surface area (Å²) in [6.07, 6.45) is 6.31. The number of hydrogen-bond acceptors (Lipinski definition) is 3. The largest absolute Gasteiger partial charge is 0.320 e. The molecule has 0 saturated heterocycles. The highest BCUT2D eigenvalue weighted by molar-refractivity contribution is 6.48. The van der Waals surface area contributed by atoms with Gasteiger partial charge in [-0.15, -0.1) is 0 Å². The van der Waals surface area contributed by atoms with E-state index in [1.165, 1.54) is 5.56 Å². The number of hydrogen-bond donors (Lipinski definition) is 0. The Kier molecular flexibility index (Phi) is 6.52. The molecule has 154 valence electrons. The lowest BCUT2D eigenvalue weighted by Crippen LogP contribution is -2.32. The fourth-order valence-electron chi connectivity index (χ4n) is 3.68. The van der Waals surface area contributed by atoms with Crippen LogP contribution in [0, 0.1) is 24.7 Å². The molecule has 2 aliphatic carbocycles. The van der Waals surface area contributed by atoms with Crippen LogP contribution < -0.4 is 0 Å². The molecule has 2 aromatic rings. The van der Waals surface area contributed by atoms with Crippen LogP contribution in [0.4, 0.5) is 0 Å². The van der Waals surface area contributed by atoms with Gasteiger partial charge in [-0.25, -0.2) is 4.98 Å². The zero-order valence-corrected chi connectivity index (χ0v) is 18.3. The number of fused-ring (bicyclic) bond motifs is 3. The predicted molar refractivity (Wildman–Crippen MR) is 120 cm³/mol. The Hall–Kier alpha value is -3.19. The highest BCUT2D eigenvalue weighted by Crippen LogP contribution is 2.36. The number of ketones is 2. The summed E-state index contributed by atoms with van der Waals surface area (Å²) in [4.78, 5) is 30.7. The average Bonchev–Trinajstić information content (AvgIpc) is 3.09. The summed E-state index contributed by atoms with van der Waals surface area (Å²) in [5.74, 6) is 5.22. The standard InChI is InChI=1S/C24H22N2O2.C2H6/c1-15(2)24-25-20-18-8-6-4-5-7-9-19(18)22(27)23(28)21(20)26(24)14-17-12-10-16(3)11-13-17;1-2/h4,6,8,10-13,15,19H,5,14H2,1-3H3;1-2H3/b6-4-,18-8+;. The SMILES string of the molecule is CC.Cc1ccc(Cn2c(C(C)C)nc3c2C(=O)C(=O)C2C#CC/C=C\C=C\32)cc1. The molecule has 30 heavy (non-hydrogen) atoms. The molecule has 0 aliphatic heterocycles. The zero-order valence-electron chi connectivity index (χ0n) is 18.3. The van der Waals surface area contributed by atoms with Crippen LogP contribution in [0.25, 0.3) is 5.57 Å². The summed E-state index contributed by atoms with van der Waals surface area (Å²) in [5, 5.41) is 0. The minimum Gasteiger partial charge on any atom is -0.320 e. The Labute approximate surface area is 178 Å². The van der Waals surface area contributed by atoms with E-state index in [2.05, 4.69) is 37.8 Å². The molecule has 0 N–H and O–H groups in total. The summed E-state index contributed by atoms with van der Waals surface area (Å²) in [6.45, 7) is 10.7. The van der Waals surface area contributed by atoms with Gasteiger partial charge in [0, 0.05) is 24.5 Å². The zero-order chi connectivity index (χ0) is 21.8.